The summed E-state index contributed by atoms with van der Waals surface area (Å²) in [5.41, 5.74) is -0.581. The largest absolute Gasteiger partial charge is 0.550 e. The van der Waals surface area contributed by atoms with Gasteiger partial charge in [-0.15, -0.1) is 0 Å². The molecular weight excluding hydrogens is 246 g/mol. The van der Waals surface area contributed by atoms with Crippen LogP contribution in [0.5, 0.6) is 0 Å². The number of carboxylic acids is 1. The molecule has 0 unspecified atom stereocenters. The topological polar surface area (TPSA) is 78.5 Å². The molecule has 1 saturated carbocycles. The zero-order valence-electron chi connectivity index (χ0n) is 12.0. The second kappa shape index (κ2) is 6.78. The van der Waals surface area contributed by atoms with Gasteiger partial charge in [-0.3, -0.25) is 0 Å². The predicted molar refractivity (Wildman–Crippen MR) is 69.4 cm³/mol. The minimum Gasteiger partial charge on any atom is -0.550 e. The van der Waals surface area contributed by atoms with Gasteiger partial charge in [-0.25, -0.2) is 4.79 Å². The van der Waals surface area contributed by atoms with Gasteiger partial charge in [0.05, 0.1) is 0 Å². The Morgan fingerprint density at radius 1 is 1.26 bits per heavy atom. The molecule has 0 aromatic carbocycles. The number of hydrogen-bond acceptors (Lipinski definition) is 4. The van der Waals surface area contributed by atoms with Crippen LogP contribution in [0.2, 0.25) is 0 Å². The molecule has 1 N–H and O–H groups in total. The summed E-state index contributed by atoms with van der Waals surface area (Å²) in [6.45, 7) is 5.34. The van der Waals surface area contributed by atoms with Crippen molar-refractivity contribution in [3.63, 3.8) is 0 Å². The van der Waals surface area contributed by atoms with Crippen LogP contribution in [0.4, 0.5) is 4.79 Å². The van der Waals surface area contributed by atoms with Crippen LogP contribution >= 0.6 is 0 Å². The van der Waals surface area contributed by atoms with Gasteiger partial charge < -0.3 is 20.0 Å². The standard InChI is InChI=1S/C14H25NO4/c1-14(2,3)19-13(18)15-11(9-12(16)17)10-7-5-4-6-8-10/h10-11H,4-9H2,1-3H3,(H,15,18)(H,16,17)/p-1/t11-/m1/s1. The number of ether oxygens (including phenoxy) is 1. The number of rotatable bonds is 4. The van der Waals surface area contributed by atoms with Crippen molar-refractivity contribution in [1.29, 1.82) is 0 Å². The number of aliphatic carboxylic acids is 1. The molecule has 1 aliphatic carbocycles. The summed E-state index contributed by atoms with van der Waals surface area (Å²) in [6.07, 6.45) is 4.56. The number of amides is 1. The predicted octanol–water partition coefficient (Wildman–Crippen LogP) is 1.60. The van der Waals surface area contributed by atoms with Gasteiger partial charge in [0, 0.05) is 18.4 Å². The summed E-state index contributed by atoms with van der Waals surface area (Å²) >= 11 is 0. The molecule has 0 aromatic heterocycles. The normalized spacial score (nSPS) is 18.7. The Kier molecular flexibility index (Phi) is 5.63. The monoisotopic (exact) mass is 270 g/mol. The zero-order valence-corrected chi connectivity index (χ0v) is 12.0. The molecule has 110 valence electrons. The molecule has 0 heterocycles. The van der Waals surface area contributed by atoms with Crippen molar-refractivity contribution in [1.82, 2.24) is 5.32 Å². The van der Waals surface area contributed by atoms with Crippen molar-refractivity contribution >= 4 is 12.1 Å². The van der Waals surface area contributed by atoms with Gasteiger partial charge in [-0.1, -0.05) is 19.3 Å². The van der Waals surface area contributed by atoms with Crippen LogP contribution in [-0.2, 0) is 9.53 Å². The molecule has 0 radical (unpaired) electrons. The fourth-order valence-electron chi connectivity index (χ4n) is 2.51. The summed E-state index contributed by atoms with van der Waals surface area (Å²) in [4.78, 5) is 22.6. The highest BCUT2D eigenvalue weighted by molar-refractivity contribution is 5.70. The fraction of sp³-hybridized carbons (Fsp3) is 0.857. The Hall–Kier alpha value is -1.26. The quantitative estimate of drug-likeness (QED) is 0.841. The molecule has 0 bridgehead atoms. The van der Waals surface area contributed by atoms with Gasteiger partial charge in [0.1, 0.15) is 5.60 Å². The van der Waals surface area contributed by atoms with E-state index in [0.29, 0.717) is 0 Å². The third-order valence-corrected chi connectivity index (χ3v) is 3.31. The summed E-state index contributed by atoms with van der Waals surface area (Å²) < 4.78 is 5.18. The van der Waals surface area contributed by atoms with Crippen molar-refractivity contribution in [2.45, 2.75) is 70.9 Å². The van der Waals surface area contributed by atoms with E-state index in [1.165, 1.54) is 6.42 Å². The molecule has 0 spiro atoms. The first-order chi connectivity index (χ1) is 8.78. The fourth-order valence-corrected chi connectivity index (χ4v) is 2.51. The maximum Gasteiger partial charge on any atom is 0.407 e. The van der Waals surface area contributed by atoms with Crippen molar-refractivity contribution in [2.24, 2.45) is 5.92 Å². The van der Waals surface area contributed by atoms with Gasteiger partial charge in [0.15, 0.2) is 0 Å². The van der Waals surface area contributed by atoms with Gasteiger partial charge >= 0.3 is 6.09 Å². The lowest BCUT2D eigenvalue weighted by atomic mass is 9.83. The summed E-state index contributed by atoms with van der Waals surface area (Å²) in [6, 6.07) is -0.389. The molecule has 1 fully saturated rings. The summed E-state index contributed by atoms with van der Waals surface area (Å²) in [5.74, 6) is -0.925. The van der Waals surface area contributed by atoms with Crippen LogP contribution in [0.25, 0.3) is 0 Å². The second-order valence-corrected chi connectivity index (χ2v) is 6.23. The van der Waals surface area contributed by atoms with Crippen LogP contribution in [0.1, 0.15) is 59.3 Å². The van der Waals surface area contributed by atoms with E-state index in [-0.39, 0.29) is 18.4 Å². The lowest BCUT2D eigenvalue weighted by Crippen LogP contribution is -2.46. The number of carbonyl (C=O) groups is 2. The number of alkyl carbamates (subject to hydrolysis) is 1. The molecule has 1 amide bonds. The van der Waals surface area contributed by atoms with Crippen LogP contribution < -0.4 is 10.4 Å². The van der Waals surface area contributed by atoms with Crippen LogP contribution in [-0.4, -0.2) is 23.7 Å². The molecule has 1 aliphatic rings. The van der Waals surface area contributed by atoms with Crippen LogP contribution in [0.15, 0.2) is 0 Å². The SMILES string of the molecule is CC(C)(C)OC(=O)N[C@H](CC(=O)[O-])C1CCCCC1. The van der Waals surface area contributed by atoms with E-state index >= 15 is 0 Å². The Balaban J connectivity index is 2.58. The van der Waals surface area contributed by atoms with Crippen molar-refractivity contribution in [3.05, 3.63) is 0 Å². The lowest BCUT2D eigenvalue weighted by Gasteiger charge is -2.32. The van der Waals surface area contributed by atoms with Crippen molar-refractivity contribution in [2.75, 3.05) is 0 Å². The Morgan fingerprint density at radius 3 is 2.32 bits per heavy atom. The van der Waals surface area contributed by atoms with Crippen LogP contribution in [0.3, 0.4) is 0 Å². The number of carboxylic acid groups (broad SMARTS) is 1. The first-order valence-corrected chi connectivity index (χ1v) is 6.97. The van der Waals surface area contributed by atoms with Crippen molar-refractivity contribution < 1.29 is 19.4 Å². The summed E-state index contributed by atoms with van der Waals surface area (Å²) in [7, 11) is 0. The molecule has 5 heteroatoms. The molecule has 0 aliphatic heterocycles. The van der Waals surface area contributed by atoms with Crippen LogP contribution in [0, 0.1) is 5.92 Å². The average Bonchev–Trinajstić information content (AvgIpc) is 2.26. The Morgan fingerprint density at radius 2 is 1.84 bits per heavy atom. The number of hydrogen-bond donors (Lipinski definition) is 1. The minimum absolute atomic E-state index is 0.149. The molecule has 19 heavy (non-hydrogen) atoms. The molecule has 0 aromatic rings. The third-order valence-electron chi connectivity index (χ3n) is 3.31. The third kappa shape index (κ3) is 6.45. The molecule has 1 rings (SSSR count). The van der Waals surface area contributed by atoms with E-state index in [1.807, 2.05) is 0 Å². The molecule has 1 atom stereocenters. The van der Waals surface area contributed by atoms with Gasteiger partial charge in [-0.2, -0.15) is 0 Å². The summed E-state index contributed by atoms with van der Waals surface area (Å²) in [5, 5.41) is 13.5. The van der Waals surface area contributed by atoms with E-state index < -0.39 is 17.7 Å². The highest BCUT2D eigenvalue weighted by Gasteiger charge is 2.27. The average molecular weight is 270 g/mol. The minimum atomic E-state index is -1.13. The molecule has 5 nitrogen and oxygen atoms in total. The highest BCUT2D eigenvalue weighted by atomic mass is 16.6. The van der Waals surface area contributed by atoms with E-state index in [2.05, 4.69) is 5.32 Å². The Labute approximate surface area is 114 Å². The van der Waals surface area contributed by atoms with E-state index in [9.17, 15) is 14.7 Å². The highest BCUT2D eigenvalue weighted by Crippen LogP contribution is 2.27. The second-order valence-electron chi connectivity index (χ2n) is 6.23. The molecular formula is C14H24NO4-. The zero-order chi connectivity index (χ0) is 14.5. The first kappa shape index (κ1) is 15.8. The first-order valence-electron chi connectivity index (χ1n) is 6.97. The van der Waals surface area contributed by atoms with Crippen molar-refractivity contribution in [3.8, 4) is 0 Å². The maximum atomic E-state index is 11.7. The van der Waals surface area contributed by atoms with Gasteiger partial charge in [0.2, 0.25) is 0 Å². The molecule has 0 saturated heterocycles. The van der Waals surface area contributed by atoms with E-state index in [1.54, 1.807) is 20.8 Å². The van der Waals surface area contributed by atoms with E-state index in [4.69, 9.17) is 4.74 Å². The number of nitrogens with one attached hydrogen (secondary N) is 1. The van der Waals surface area contributed by atoms with Gasteiger partial charge in [-0.05, 0) is 39.5 Å². The van der Waals surface area contributed by atoms with E-state index in [0.717, 1.165) is 25.7 Å². The maximum absolute atomic E-state index is 11.7. The smallest absolute Gasteiger partial charge is 0.407 e. The van der Waals surface area contributed by atoms with Gasteiger partial charge in [0.25, 0.3) is 0 Å². The number of carbonyl (C=O) groups excluding carboxylic acids is 2. The Bertz CT molecular complexity index is 316. The lowest BCUT2D eigenvalue weighted by molar-refractivity contribution is -0.306.